The molecule has 1 heterocycles. The van der Waals surface area contributed by atoms with Crippen LogP contribution in [0.5, 0.6) is 0 Å². The number of likely N-dealkylation sites (tertiary alicyclic amines) is 1. The Kier molecular flexibility index (Phi) is 4.29. The number of amides is 2. The van der Waals surface area contributed by atoms with Crippen LogP contribution in [-0.4, -0.2) is 65.8 Å². The van der Waals surface area contributed by atoms with Crippen LogP contribution in [0, 0.1) is 5.92 Å². The van der Waals surface area contributed by atoms with Crippen LogP contribution in [0.1, 0.15) is 26.2 Å². The second-order valence-electron chi connectivity index (χ2n) is 5.36. The standard InChI is InChI=1S/C13H22N2O4/c1-3-14(7-9-4-5-9)13(18)15-8-10(19-2)6-11(15)12(16)17/h9-11H,3-8H2,1-2H3,(H,16,17). The first-order chi connectivity index (χ1) is 9.06. The van der Waals surface area contributed by atoms with Gasteiger partial charge in [0.2, 0.25) is 0 Å². The van der Waals surface area contributed by atoms with E-state index in [2.05, 4.69) is 0 Å². The minimum atomic E-state index is -0.949. The molecule has 2 atom stereocenters. The van der Waals surface area contributed by atoms with Crippen molar-refractivity contribution in [3.8, 4) is 0 Å². The average molecular weight is 270 g/mol. The molecule has 2 unspecified atom stereocenters. The predicted molar refractivity (Wildman–Crippen MR) is 68.9 cm³/mol. The number of hydrogen-bond acceptors (Lipinski definition) is 3. The highest BCUT2D eigenvalue weighted by atomic mass is 16.5. The Morgan fingerprint density at radius 2 is 2.11 bits per heavy atom. The summed E-state index contributed by atoms with van der Waals surface area (Å²) >= 11 is 0. The molecular weight excluding hydrogens is 248 g/mol. The number of carboxylic acid groups (broad SMARTS) is 1. The van der Waals surface area contributed by atoms with E-state index in [9.17, 15) is 14.7 Å². The molecule has 2 aliphatic rings. The molecule has 0 aromatic heterocycles. The smallest absolute Gasteiger partial charge is 0.326 e. The molecule has 19 heavy (non-hydrogen) atoms. The fraction of sp³-hybridized carbons (Fsp3) is 0.846. The summed E-state index contributed by atoms with van der Waals surface area (Å²) in [5.74, 6) is -0.344. The lowest BCUT2D eigenvalue weighted by atomic mass is 10.2. The van der Waals surface area contributed by atoms with Crippen molar-refractivity contribution in [2.24, 2.45) is 5.92 Å². The van der Waals surface area contributed by atoms with E-state index in [-0.39, 0.29) is 12.1 Å². The minimum absolute atomic E-state index is 0.165. The molecule has 6 nitrogen and oxygen atoms in total. The SMILES string of the molecule is CCN(CC1CC1)C(=O)N1CC(OC)CC1C(=O)O. The van der Waals surface area contributed by atoms with E-state index in [0.717, 1.165) is 6.54 Å². The number of carbonyl (C=O) groups excluding carboxylic acids is 1. The van der Waals surface area contributed by atoms with Crippen molar-refractivity contribution in [1.29, 1.82) is 0 Å². The predicted octanol–water partition coefficient (Wildman–Crippen LogP) is 1.01. The third-order valence-electron chi connectivity index (χ3n) is 3.95. The molecule has 0 radical (unpaired) electrons. The normalized spacial score (nSPS) is 26.5. The van der Waals surface area contributed by atoms with Crippen molar-refractivity contribution in [3.63, 3.8) is 0 Å². The van der Waals surface area contributed by atoms with Gasteiger partial charge in [-0.15, -0.1) is 0 Å². The lowest BCUT2D eigenvalue weighted by Crippen LogP contribution is -2.48. The van der Waals surface area contributed by atoms with Gasteiger partial charge in [-0.05, 0) is 25.7 Å². The minimum Gasteiger partial charge on any atom is -0.480 e. The fourth-order valence-electron chi connectivity index (χ4n) is 2.55. The van der Waals surface area contributed by atoms with Crippen molar-refractivity contribution in [1.82, 2.24) is 9.80 Å². The van der Waals surface area contributed by atoms with Crippen molar-refractivity contribution in [3.05, 3.63) is 0 Å². The molecule has 1 aliphatic heterocycles. The van der Waals surface area contributed by atoms with Crippen molar-refractivity contribution in [2.45, 2.75) is 38.3 Å². The summed E-state index contributed by atoms with van der Waals surface area (Å²) in [5.41, 5.74) is 0. The van der Waals surface area contributed by atoms with Crippen LogP contribution >= 0.6 is 0 Å². The van der Waals surface area contributed by atoms with Crippen molar-refractivity contribution >= 4 is 12.0 Å². The highest BCUT2D eigenvalue weighted by Crippen LogP contribution is 2.30. The van der Waals surface area contributed by atoms with E-state index in [1.807, 2.05) is 6.92 Å². The van der Waals surface area contributed by atoms with E-state index in [1.54, 1.807) is 12.0 Å². The zero-order chi connectivity index (χ0) is 14.0. The topological polar surface area (TPSA) is 70.1 Å². The number of hydrogen-bond donors (Lipinski definition) is 1. The molecular formula is C13H22N2O4. The van der Waals surface area contributed by atoms with E-state index >= 15 is 0 Å². The Bertz CT molecular complexity index is 357. The third kappa shape index (κ3) is 3.18. The Labute approximate surface area is 113 Å². The summed E-state index contributed by atoms with van der Waals surface area (Å²) in [7, 11) is 1.55. The average Bonchev–Trinajstić information content (AvgIpc) is 3.10. The van der Waals surface area contributed by atoms with Crippen molar-refractivity contribution in [2.75, 3.05) is 26.7 Å². The molecule has 0 bridgehead atoms. The van der Waals surface area contributed by atoms with Crippen LogP contribution in [-0.2, 0) is 9.53 Å². The first kappa shape index (κ1) is 14.1. The molecule has 1 saturated carbocycles. The van der Waals surface area contributed by atoms with Crippen molar-refractivity contribution < 1.29 is 19.4 Å². The molecule has 108 valence electrons. The molecule has 1 aliphatic carbocycles. The first-order valence-electron chi connectivity index (χ1n) is 6.88. The van der Waals surface area contributed by atoms with Gasteiger partial charge in [0.1, 0.15) is 6.04 Å². The molecule has 1 saturated heterocycles. The number of aliphatic carboxylic acids is 1. The zero-order valence-electron chi connectivity index (χ0n) is 11.5. The Morgan fingerprint density at radius 3 is 2.58 bits per heavy atom. The summed E-state index contributed by atoms with van der Waals surface area (Å²) < 4.78 is 5.20. The third-order valence-corrected chi connectivity index (χ3v) is 3.95. The first-order valence-corrected chi connectivity index (χ1v) is 6.88. The number of nitrogens with zero attached hydrogens (tertiary/aromatic N) is 2. The summed E-state index contributed by atoms with van der Waals surface area (Å²) in [6.45, 7) is 3.67. The van der Waals surface area contributed by atoms with Gasteiger partial charge in [-0.3, -0.25) is 0 Å². The number of methoxy groups -OCH3 is 1. The van der Waals surface area contributed by atoms with Crippen LogP contribution in [0.15, 0.2) is 0 Å². The van der Waals surface area contributed by atoms with Crippen LogP contribution in [0.4, 0.5) is 4.79 Å². The Morgan fingerprint density at radius 1 is 1.42 bits per heavy atom. The Hall–Kier alpha value is -1.30. The van der Waals surface area contributed by atoms with E-state index < -0.39 is 12.0 Å². The summed E-state index contributed by atoms with van der Waals surface area (Å²) in [6, 6.07) is -0.924. The molecule has 2 amide bonds. The van der Waals surface area contributed by atoms with Crippen LogP contribution in [0.25, 0.3) is 0 Å². The molecule has 0 aromatic rings. The second kappa shape index (κ2) is 5.77. The number of ether oxygens (including phenoxy) is 1. The van der Waals surface area contributed by atoms with Gasteiger partial charge >= 0.3 is 12.0 Å². The van der Waals surface area contributed by atoms with Crippen LogP contribution < -0.4 is 0 Å². The molecule has 2 rings (SSSR count). The maximum Gasteiger partial charge on any atom is 0.326 e. The molecule has 6 heteroatoms. The summed E-state index contributed by atoms with van der Waals surface area (Å²) in [5, 5.41) is 9.23. The monoisotopic (exact) mass is 270 g/mol. The lowest BCUT2D eigenvalue weighted by molar-refractivity contribution is -0.141. The highest BCUT2D eigenvalue weighted by molar-refractivity contribution is 5.83. The molecule has 0 aromatic carbocycles. The van der Waals surface area contributed by atoms with E-state index in [1.165, 1.54) is 17.7 Å². The summed E-state index contributed by atoms with van der Waals surface area (Å²) in [4.78, 5) is 26.9. The van der Waals surface area contributed by atoms with Gasteiger partial charge < -0.3 is 19.6 Å². The highest BCUT2D eigenvalue weighted by Gasteiger charge is 2.41. The fourth-order valence-corrected chi connectivity index (χ4v) is 2.55. The molecule has 2 fully saturated rings. The number of rotatable bonds is 5. The molecule has 1 N–H and O–H groups in total. The number of carboxylic acids is 1. The van der Waals surface area contributed by atoms with Gasteiger partial charge in [-0.25, -0.2) is 9.59 Å². The largest absolute Gasteiger partial charge is 0.480 e. The van der Waals surface area contributed by atoms with Gasteiger partial charge in [0, 0.05) is 33.2 Å². The molecule has 0 spiro atoms. The van der Waals surface area contributed by atoms with Crippen LogP contribution in [0.2, 0.25) is 0 Å². The van der Waals surface area contributed by atoms with Crippen LogP contribution in [0.3, 0.4) is 0 Å². The quantitative estimate of drug-likeness (QED) is 0.809. The number of carbonyl (C=O) groups is 2. The maximum absolute atomic E-state index is 12.4. The lowest BCUT2D eigenvalue weighted by Gasteiger charge is -2.29. The van der Waals surface area contributed by atoms with Gasteiger partial charge in [0.15, 0.2) is 0 Å². The number of urea groups is 1. The van der Waals surface area contributed by atoms with Gasteiger partial charge in [-0.2, -0.15) is 0 Å². The maximum atomic E-state index is 12.4. The van der Waals surface area contributed by atoms with Gasteiger partial charge in [-0.1, -0.05) is 0 Å². The summed E-state index contributed by atoms with van der Waals surface area (Å²) in [6.07, 6.45) is 2.54. The zero-order valence-corrected chi connectivity index (χ0v) is 11.5. The van der Waals surface area contributed by atoms with E-state index in [0.29, 0.717) is 25.4 Å². The van der Waals surface area contributed by atoms with Gasteiger partial charge in [0.25, 0.3) is 0 Å². The Balaban J connectivity index is 2.03. The van der Waals surface area contributed by atoms with E-state index in [4.69, 9.17) is 4.74 Å². The second-order valence-corrected chi connectivity index (χ2v) is 5.36. The van der Waals surface area contributed by atoms with Gasteiger partial charge in [0.05, 0.1) is 6.10 Å².